The van der Waals surface area contributed by atoms with E-state index in [0.29, 0.717) is 17.0 Å². The minimum atomic E-state index is -0.402. The molecule has 2 aromatic carbocycles. The topological polar surface area (TPSA) is 100 Å². The molecule has 0 aromatic heterocycles. The molecule has 0 fully saturated rings. The van der Waals surface area contributed by atoms with Crippen LogP contribution in [0.2, 0.25) is 0 Å². The summed E-state index contributed by atoms with van der Waals surface area (Å²) in [7, 11) is 1.56. The molecule has 3 N–H and O–H groups in total. The van der Waals surface area contributed by atoms with Gasteiger partial charge < -0.3 is 15.2 Å². The number of nitrogens with zero attached hydrogens (tertiary/aromatic N) is 1. The van der Waals surface area contributed by atoms with E-state index in [2.05, 4.69) is 31.8 Å². The van der Waals surface area contributed by atoms with Crippen molar-refractivity contribution < 1.29 is 19.4 Å². The molecule has 0 spiro atoms. The van der Waals surface area contributed by atoms with Gasteiger partial charge in [0.15, 0.2) is 0 Å². The molecule has 0 atom stereocenters. The highest BCUT2D eigenvalue weighted by molar-refractivity contribution is 9.10. The zero-order valence-electron chi connectivity index (χ0n) is 14.0. The summed E-state index contributed by atoms with van der Waals surface area (Å²) in [5.74, 6) is 0.0568. The van der Waals surface area contributed by atoms with Gasteiger partial charge in [0.25, 0.3) is 0 Å². The van der Waals surface area contributed by atoms with E-state index in [1.807, 2.05) is 0 Å². The average Bonchev–Trinajstić information content (AvgIpc) is 2.63. The van der Waals surface area contributed by atoms with E-state index >= 15 is 0 Å². The fourth-order valence-corrected chi connectivity index (χ4v) is 2.36. The van der Waals surface area contributed by atoms with Crippen molar-refractivity contribution in [3.05, 3.63) is 52.5 Å². The number of carbonyl (C=O) groups excluding carboxylic acids is 2. The van der Waals surface area contributed by atoms with Crippen LogP contribution in [0.25, 0.3) is 0 Å². The normalized spacial score (nSPS) is 10.5. The Balaban J connectivity index is 1.76. The smallest absolute Gasteiger partial charge is 0.240 e. The average molecular weight is 420 g/mol. The van der Waals surface area contributed by atoms with Gasteiger partial charge in [0, 0.05) is 28.6 Å². The predicted octanol–water partition coefficient (Wildman–Crippen LogP) is 3.03. The minimum absolute atomic E-state index is 0.0101. The highest BCUT2D eigenvalue weighted by Gasteiger charge is 2.07. The maximum absolute atomic E-state index is 11.8. The van der Waals surface area contributed by atoms with Gasteiger partial charge in [-0.2, -0.15) is 5.10 Å². The maximum Gasteiger partial charge on any atom is 0.240 e. The summed E-state index contributed by atoms with van der Waals surface area (Å²) in [5.41, 5.74) is 3.40. The highest BCUT2D eigenvalue weighted by atomic mass is 79.9. The number of hydrogen-bond acceptors (Lipinski definition) is 5. The Morgan fingerprint density at radius 1 is 1.15 bits per heavy atom. The molecule has 0 saturated carbocycles. The van der Waals surface area contributed by atoms with E-state index in [9.17, 15) is 14.7 Å². The van der Waals surface area contributed by atoms with Gasteiger partial charge in [-0.25, -0.2) is 5.43 Å². The van der Waals surface area contributed by atoms with Crippen LogP contribution in [0.3, 0.4) is 0 Å². The largest absolute Gasteiger partial charge is 0.507 e. The molecule has 8 heteroatoms. The first kappa shape index (κ1) is 19.5. The van der Waals surface area contributed by atoms with E-state index in [4.69, 9.17) is 4.74 Å². The quantitative estimate of drug-likeness (QED) is 0.474. The van der Waals surface area contributed by atoms with E-state index in [0.717, 1.165) is 4.47 Å². The summed E-state index contributed by atoms with van der Waals surface area (Å²) in [6, 6.07) is 11.7. The third kappa shape index (κ3) is 6.21. The summed E-state index contributed by atoms with van der Waals surface area (Å²) >= 11 is 3.28. The van der Waals surface area contributed by atoms with Gasteiger partial charge in [0.1, 0.15) is 11.5 Å². The lowest BCUT2D eigenvalue weighted by atomic mass is 10.2. The van der Waals surface area contributed by atoms with Gasteiger partial charge in [-0.1, -0.05) is 15.9 Å². The molecular weight excluding hydrogens is 402 g/mol. The van der Waals surface area contributed by atoms with Gasteiger partial charge in [-0.05, 0) is 42.5 Å². The Kier molecular flexibility index (Phi) is 7.16. The van der Waals surface area contributed by atoms with Crippen molar-refractivity contribution >= 4 is 39.6 Å². The van der Waals surface area contributed by atoms with E-state index < -0.39 is 5.91 Å². The standard InChI is InChI=1S/C18H18BrN3O4/c1-26-15-5-3-14(4-6-15)21-17(24)8-9-18(25)22-20-11-12-10-13(19)2-7-16(12)23/h2-7,10-11,23H,8-9H2,1H3,(H,21,24)(H,22,25)/b20-11-. The van der Waals surface area contributed by atoms with Gasteiger partial charge in [0.2, 0.25) is 11.8 Å². The fraction of sp³-hybridized carbons (Fsp3) is 0.167. The van der Waals surface area contributed by atoms with Crippen LogP contribution in [0, 0.1) is 0 Å². The van der Waals surface area contributed by atoms with Crippen LogP contribution in [0.15, 0.2) is 52.0 Å². The number of nitrogens with one attached hydrogen (secondary N) is 2. The van der Waals surface area contributed by atoms with Crippen molar-refractivity contribution in [3.63, 3.8) is 0 Å². The van der Waals surface area contributed by atoms with E-state index in [1.165, 1.54) is 12.3 Å². The number of benzene rings is 2. The second kappa shape index (κ2) is 9.57. The van der Waals surface area contributed by atoms with Gasteiger partial charge in [-0.3, -0.25) is 9.59 Å². The molecule has 0 aliphatic heterocycles. The molecule has 2 rings (SSSR count). The summed E-state index contributed by atoms with van der Waals surface area (Å²) < 4.78 is 5.82. The number of rotatable bonds is 7. The number of anilines is 1. The molecule has 7 nitrogen and oxygen atoms in total. The third-order valence-electron chi connectivity index (χ3n) is 3.34. The number of phenols is 1. The van der Waals surface area contributed by atoms with Crippen molar-refractivity contribution in [1.82, 2.24) is 5.43 Å². The van der Waals surface area contributed by atoms with Gasteiger partial charge in [-0.15, -0.1) is 0 Å². The second-order valence-electron chi connectivity index (χ2n) is 5.27. The molecule has 0 radical (unpaired) electrons. The number of hydrogen-bond donors (Lipinski definition) is 3. The number of aromatic hydroxyl groups is 1. The van der Waals surface area contributed by atoms with Crippen molar-refractivity contribution in [3.8, 4) is 11.5 Å². The van der Waals surface area contributed by atoms with Crippen LogP contribution < -0.4 is 15.5 Å². The molecule has 0 heterocycles. The molecule has 0 saturated heterocycles. The molecule has 136 valence electrons. The Morgan fingerprint density at radius 3 is 2.54 bits per heavy atom. The first-order valence-electron chi connectivity index (χ1n) is 7.72. The van der Waals surface area contributed by atoms with Crippen LogP contribution in [-0.4, -0.2) is 30.2 Å². The second-order valence-corrected chi connectivity index (χ2v) is 6.19. The zero-order chi connectivity index (χ0) is 18.9. The van der Waals surface area contributed by atoms with Crippen LogP contribution >= 0.6 is 15.9 Å². The Morgan fingerprint density at radius 2 is 1.85 bits per heavy atom. The summed E-state index contributed by atoms with van der Waals surface area (Å²) in [5, 5.41) is 16.1. The summed E-state index contributed by atoms with van der Waals surface area (Å²) in [4.78, 5) is 23.6. The summed E-state index contributed by atoms with van der Waals surface area (Å²) in [6.07, 6.45) is 1.34. The van der Waals surface area contributed by atoms with Crippen LogP contribution in [0.5, 0.6) is 11.5 Å². The number of ether oxygens (including phenoxy) is 1. The SMILES string of the molecule is COc1ccc(NC(=O)CCC(=O)N/N=C\c2cc(Br)ccc2O)cc1. The number of hydrazone groups is 1. The molecule has 0 aliphatic rings. The number of phenolic OH excluding ortho intramolecular Hbond substituents is 1. The maximum atomic E-state index is 11.8. The van der Waals surface area contributed by atoms with Gasteiger partial charge >= 0.3 is 0 Å². The minimum Gasteiger partial charge on any atom is -0.507 e. The molecule has 26 heavy (non-hydrogen) atoms. The van der Waals surface area contributed by atoms with Crippen molar-refractivity contribution in [2.24, 2.45) is 5.10 Å². The first-order valence-corrected chi connectivity index (χ1v) is 8.51. The van der Waals surface area contributed by atoms with Crippen molar-refractivity contribution in [2.45, 2.75) is 12.8 Å². The number of methoxy groups -OCH3 is 1. The highest BCUT2D eigenvalue weighted by Crippen LogP contribution is 2.20. The third-order valence-corrected chi connectivity index (χ3v) is 3.83. The first-order chi connectivity index (χ1) is 12.5. The van der Waals surface area contributed by atoms with Crippen LogP contribution in [0.1, 0.15) is 18.4 Å². The van der Waals surface area contributed by atoms with Crippen LogP contribution in [0.4, 0.5) is 5.69 Å². The van der Waals surface area contributed by atoms with E-state index in [-0.39, 0.29) is 24.5 Å². The van der Waals surface area contributed by atoms with Crippen molar-refractivity contribution in [2.75, 3.05) is 12.4 Å². The summed E-state index contributed by atoms with van der Waals surface area (Å²) in [6.45, 7) is 0. The molecular formula is C18H18BrN3O4. The van der Waals surface area contributed by atoms with E-state index in [1.54, 1.807) is 43.5 Å². The lowest BCUT2D eigenvalue weighted by molar-refractivity contribution is -0.124. The fourth-order valence-electron chi connectivity index (χ4n) is 1.98. The zero-order valence-corrected chi connectivity index (χ0v) is 15.6. The van der Waals surface area contributed by atoms with Gasteiger partial charge in [0.05, 0.1) is 13.3 Å². The molecule has 2 amide bonds. The molecule has 0 unspecified atom stereocenters. The molecule has 0 aliphatic carbocycles. The Hall–Kier alpha value is -2.87. The Labute approximate surface area is 159 Å². The number of carbonyl (C=O) groups is 2. The van der Waals surface area contributed by atoms with Crippen LogP contribution in [-0.2, 0) is 9.59 Å². The molecule has 0 bridgehead atoms. The lowest BCUT2D eigenvalue weighted by Crippen LogP contribution is -2.20. The Bertz CT molecular complexity index is 807. The monoisotopic (exact) mass is 419 g/mol. The number of amides is 2. The van der Waals surface area contributed by atoms with Crippen molar-refractivity contribution in [1.29, 1.82) is 0 Å². The lowest BCUT2D eigenvalue weighted by Gasteiger charge is -2.06. The molecule has 2 aromatic rings. The number of halogens is 1. The predicted molar refractivity (Wildman–Crippen MR) is 102 cm³/mol.